The van der Waals surface area contributed by atoms with Crippen LogP contribution in [0, 0.1) is 11.3 Å². The number of benzene rings is 1. The molecule has 3 rings (SSSR count). The summed E-state index contributed by atoms with van der Waals surface area (Å²) in [4.78, 5) is 14.9. The van der Waals surface area contributed by atoms with E-state index in [4.69, 9.17) is 10.00 Å². The average Bonchev–Trinajstić information content (AvgIpc) is 2.69. The third-order valence-corrected chi connectivity index (χ3v) is 6.20. The number of nitrogens with one attached hydrogen (secondary N) is 2. The van der Waals surface area contributed by atoms with E-state index in [0.29, 0.717) is 17.0 Å². The minimum absolute atomic E-state index is 0.206. The molecule has 2 aliphatic heterocycles. The molecule has 0 aromatic heterocycles. The fraction of sp³-hybridized carbons (Fsp3) is 0.579. The van der Waals surface area contributed by atoms with Gasteiger partial charge < -0.3 is 20.3 Å². The third-order valence-electron chi connectivity index (χ3n) is 5.15. The minimum atomic E-state index is -0.216. The van der Waals surface area contributed by atoms with Crippen LogP contribution in [0.4, 0.5) is 10.5 Å². The zero-order valence-corrected chi connectivity index (χ0v) is 16.0. The molecule has 0 bridgehead atoms. The lowest BCUT2D eigenvalue weighted by atomic mass is 10.0. The van der Waals surface area contributed by atoms with Crippen molar-refractivity contribution in [1.82, 2.24) is 10.2 Å². The number of nitriles is 1. The van der Waals surface area contributed by atoms with Crippen molar-refractivity contribution in [3.05, 3.63) is 23.8 Å². The first-order valence-corrected chi connectivity index (χ1v) is 10.3. The van der Waals surface area contributed by atoms with Crippen molar-refractivity contribution >= 4 is 23.5 Å². The zero-order chi connectivity index (χ0) is 18.4. The Morgan fingerprint density at radius 3 is 2.65 bits per heavy atom. The number of thioether (sulfide) groups is 1. The molecule has 0 aliphatic carbocycles. The molecule has 0 spiro atoms. The van der Waals surface area contributed by atoms with Gasteiger partial charge in [0.05, 0.1) is 12.7 Å². The summed E-state index contributed by atoms with van der Waals surface area (Å²) in [5.41, 5.74) is 1.00. The topological polar surface area (TPSA) is 77.4 Å². The Bertz CT molecular complexity index is 662. The van der Waals surface area contributed by atoms with Crippen LogP contribution < -0.4 is 15.4 Å². The van der Waals surface area contributed by atoms with Crippen LogP contribution in [0.3, 0.4) is 0 Å². The third kappa shape index (κ3) is 4.83. The number of carbonyl (C=O) groups excluding carboxylic acids is 1. The van der Waals surface area contributed by atoms with Crippen LogP contribution in [-0.2, 0) is 0 Å². The first-order chi connectivity index (χ1) is 12.7. The van der Waals surface area contributed by atoms with E-state index in [9.17, 15) is 4.79 Å². The highest BCUT2D eigenvalue weighted by atomic mass is 32.2. The Balaban J connectivity index is 1.46. The molecule has 2 saturated heterocycles. The predicted molar refractivity (Wildman–Crippen MR) is 105 cm³/mol. The number of methoxy groups -OCH3 is 1. The molecule has 2 N–H and O–H groups in total. The highest BCUT2D eigenvalue weighted by molar-refractivity contribution is 7.99. The summed E-state index contributed by atoms with van der Waals surface area (Å²) in [6, 6.07) is 7.85. The van der Waals surface area contributed by atoms with Gasteiger partial charge in [-0.15, -0.1) is 0 Å². The van der Waals surface area contributed by atoms with Crippen molar-refractivity contribution in [2.24, 2.45) is 0 Å². The van der Waals surface area contributed by atoms with E-state index in [1.54, 1.807) is 18.2 Å². The van der Waals surface area contributed by atoms with Crippen LogP contribution in [-0.4, -0.2) is 54.7 Å². The number of hydrogen-bond donors (Lipinski definition) is 2. The fourth-order valence-electron chi connectivity index (χ4n) is 3.68. The molecule has 2 aliphatic rings. The molecular weight excluding hydrogens is 348 g/mol. The number of nitrogens with zero attached hydrogens (tertiary/aromatic N) is 2. The monoisotopic (exact) mass is 374 g/mol. The van der Waals surface area contributed by atoms with E-state index in [2.05, 4.69) is 33.4 Å². The van der Waals surface area contributed by atoms with Crippen LogP contribution >= 0.6 is 11.8 Å². The number of carbonyl (C=O) groups is 1. The molecule has 1 aromatic rings. The number of rotatable bonds is 4. The smallest absolute Gasteiger partial charge is 0.319 e. The zero-order valence-electron chi connectivity index (χ0n) is 15.2. The average molecular weight is 375 g/mol. The van der Waals surface area contributed by atoms with Gasteiger partial charge >= 0.3 is 6.03 Å². The second-order valence-electron chi connectivity index (χ2n) is 6.78. The van der Waals surface area contributed by atoms with Gasteiger partial charge in [0.25, 0.3) is 0 Å². The number of amides is 2. The Hall–Kier alpha value is -1.91. The molecule has 2 fully saturated rings. The van der Waals surface area contributed by atoms with Crippen LogP contribution in [0.5, 0.6) is 5.75 Å². The summed E-state index contributed by atoms with van der Waals surface area (Å²) in [5.74, 6) is 3.06. The predicted octanol–water partition coefficient (Wildman–Crippen LogP) is 3.05. The Morgan fingerprint density at radius 2 is 2.00 bits per heavy atom. The van der Waals surface area contributed by atoms with Gasteiger partial charge in [0, 0.05) is 30.9 Å². The van der Waals surface area contributed by atoms with Crippen LogP contribution in [0.2, 0.25) is 0 Å². The Morgan fingerprint density at radius 1 is 1.27 bits per heavy atom. The first kappa shape index (κ1) is 18.9. The standard InChI is InChI=1S/C19H26N4O2S/c1-25-18-3-2-16(12-14(18)13-20)22-19(24)21-15-4-8-23(9-5-15)17-6-10-26-11-7-17/h2-3,12,15,17H,4-11H2,1H3,(H2,21,22,24). The largest absolute Gasteiger partial charge is 0.495 e. The van der Waals surface area contributed by atoms with Gasteiger partial charge in [0.2, 0.25) is 0 Å². The molecule has 2 heterocycles. The summed E-state index contributed by atoms with van der Waals surface area (Å²) in [6.45, 7) is 2.11. The van der Waals surface area contributed by atoms with E-state index in [1.807, 2.05) is 0 Å². The maximum atomic E-state index is 12.3. The molecule has 26 heavy (non-hydrogen) atoms. The Labute approximate surface area is 159 Å². The summed E-state index contributed by atoms with van der Waals surface area (Å²) in [6.07, 6.45) is 4.57. The van der Waals surface area contributed by atoms with Gasteiger partial charge in [-0.25, -0.2) is 4.79 Å². The molecule has 0 radical (unpaired) electrons. The van der Waals surface area contributed by atoms with Crippen molar-refractivity contribution in [2.45, 2.75) is 37.8 Å². The van der Waals surface area contributed by atoms with Gasteiger partial charge in [0.1, 0.15) is 11.8 Å². The maximum Gasteiger partial charge on any atom is 0.319 e. The van der Waals surface area contributed by atoms with Crippen molar-refractivity contribution < 1.29 is 9.53 Å². The van der Waals surface area contributed by atoms with Gasteiger partial charge in [-0.1, -0.05) is 0 Å². The van der Waals surface area contributed by atoms with E-state index >= 15 is 0 Å². The van der Waals surface area contributed by atoms with Crippen molar-refractivity contribution in [1.29, 1.82) is 5.26 Å². The number of urea groups is 1. The number of hydrogen-bond acceptors (Lipinski definition) is 5. The van der Waals surface area contributed by atoms with Gasteiger partial charge in [0.15, 0.2) is 0 Å². The summed E-state index contributed by atoms with van der Waals surface area (Å²) >= 11 is 2.06. The lowest BCUT2D eigenvalue weighted by molar-refractivity contribution is 0.138. The molecule has 0 unspecified atom stereocenters. The van der Waals surface area contributed by atoms with Gasteiger partial charge in [-0.05, 0) is 55.4 Å². The molecule has 2 amide bonds. The fourth-order valence-corrected chi connectivity index (χ4v) is 4.77. The van der Waals surface area contributed by atoms with Crippen LogP contribution in [0.1, 0.15) is 31.2 Å². The van der Waals surface area contributed by atoms with Crippen molar-refractivity contribution in [3.8, 4) is 11.8 Å². The molecule has 0 atom stereocenters. The van der Waals surface area contributed by atoms with E-state index in [0.717, 1.165) is 32.0 Å². The second kappa shape index (κ2) is 9.15. The second-order valence-corrected chi connectivity index (χ2v) is 8.00. The molecule has 1 aromatic carbocycles. The quantitative estimate of drug-likeness (QED) is 0.847. The van der Waals surface area contributed by atoms with Crippen LogP contribution in [0.15, 0.2) is 18.2 Å². The van der Waals surface area contributed by atoms with Gasteiger partial charge in [-0.3, -0.25) is 0 Å². The number of ether oxygens (including phenoxy) is 1. The summed E-state index contributed by atoms with van der Waals surface area (Å²) in [5, 5.41) is 15.0. The number of piperidine rings is 1. The molecular formula is C19H26N4O2S. The lowest BCUT2D eigenvalue weighted by Gasteiger charge is -2.39. The molecule has 0 saturated carbocycles. The molecule has 140 valence electrons. The highest BCUT2D eigenvalue weighted by Gasteiger charge is 2.27. The molecule has 6 nitrogen and oxygen atoms in total. The Kier molecular flexibility index (Phi) is 6.64. The number of likely N-dealkylation sites (tertiary alicyclic amines) is 1. The number of anilines is 1. The first-order valence-electron chi connectivity index (χ1n) is 9.17. The molecule has 7 heteroatoms. The van der Waals surface area contributed by atoms with Crippen molar-refractivity contribution in [2.75, 3.05) is 37.0 Å². The minimum Gasteiger partial charge on any atom is -0.495 e. The normalized spacial score (nSPS) is 19.5. The SMILES string of the molecule is COc1ccc(NC(=O)NC2CCN(C3CCSCC3)CC2)cc1C#N. The highest BCUT2D eigenvalue weighted by Crippen LogP contribution is 2.25. The summed E-state index contributed by atoms with van der Waals surface area (Å²) in [7, 11) is 1.52. The van der Waals surface area contributed by atoms with E-state index in [1.165, 1.54) is 31.5 Å². The van der Waals surface area contributed by atoms with Gasteiger partial charge in [-0.2, -0.15) is 17.0 Å². The van der Waals surface area contributed by atoms with Crippen molar-refractivity contribution in [3.63, 3.8) is 0 Å². The van der Waals surface area contributed by atoms with Crippen LogP contribution in [0.25, 0.3) is 0 Å². The summed E-state index contributed by atoms with van der Waals surface area (Å²) < 4.78 is 5.12. The van der Waals surface area contributed by atoms with E-state index in [-0.39, 0.29) is 12.1 Å². The lowest BCUT2D eigenvalue weighted by Crippen LogP contribution is -2.49. The maximum absolute atomic E-state index is 12.3. The van der Waals surface area contributed by atoms with E-state index < -0.39 is 0 Å².